The van der Waals surface area contributed by atoms with Gasteiger partial charge in [0.25, 0.3) is 0 Å². The molecule has 0 amide bonds. The number of thiazole rings is 1. The fourth-order valence-corrected chi connectivity index (χ4v) is 6.28. The number of rotatable bonds is 5. The lowest BCUT2D eigenvalue weighted by molar-refractivity contribution is 0.268. The molecule has 0 bridgehead atoms. The van der Waals surface area contributed by atoms with Crippen molar-refractivity contribution >= 4 is 21.4 Å². The molecule has 0 spiro atoms. The van der Waals surface area contributed by atoms with Crippen LogP contribution < -0.4 is 0 Å². The van der Waals surface area contributed by atoms with Crippen LogP contribution in [-0.2, 0) is 16.4 Å². The molecular formula is C19H25N3O2S2. The molecule has 5 nitrogen and oxygen atoms in total. The summed E-state index contributed by atoms with van der Waals surface area (Å²) in [5, 5.41) is 3.26. The predicted molar refractivity (Wildman–Crippen MR) is 105 cm³/mol. The highest BCUT2D eigenvalue weighted by molar-refractivity contribution is 7.88. The van der Waals surface area contributed by atoms with Gasteiger partial charge < -0.3 is 4.90 Å². The van der Waals surface area contributed by atoms with Gasteiger partial charge in [0.15, 0.2) is 0 Å². The first-order valence-corrected chi connectivity index (χ1v) is 11.8. The van der Waals surface area contributed by atoms with Crippen LogP contribution in [0, 0.1) is 18.8 Å². The van der Waals surface area contributed by atoms with Gasteiger partial charge in [0.05, 0.1) is 23.0 Å². The summed E-state index contributed by atoms with van der Waals surface area (Å²) in [5.41, 5.74) is 2.28. The van der Waals surface area contributed by atoms with Gasteiger partial charge in [-0.2, -0.15) is 4.31 Å². The summed E-state index contributed by atoms with van der Waals surface area (Å²) in [6, 6.07) is 10.1. The maximum atomic E-state index is 12.3. The van der Waals surface area contributed by atoms with E-state index >= 15 is 0 Å². The van der Waals surface area contributed by atoms with E-state index in [1.165, 1.54) is 11.9 Å². The third-order valence-electron chi connectivity index (χ3n) is 5.62. The van der Waals surface area contributed by atoms with Crippen molar-refractivity contribution in [3.63, 3.8) is 0 Å². The minimum Gasteiger partial charge on any atom is -0.302 e. The number of aryl methyl sites for hydroxylation is 1. The molecular weight excluding hydrogens is 366 g/mol. The molecule has 2 aromatic rings. The van der Waals surface area contributed by atoms with Gasteiger partial charge in [-0.1, -0.05) is 30.3 Å². The number of sulfonamides is 1. The number of aromatic nitrogens is 1. The Morgan fingerprint density at radius 2 is 1.96 bits per heavy atom. The number of nitrogens with zero attached hydrogens (tertiary/aromatic N) is 3. The topological polar surface area (TPSA) is 53.5 Å². The van der Waals surface area contributed by atoms with Crippen LogP contribution in [0.1, 0.15) is 22.3 Å². The van der Waals surface area contributed by atoms with Crippen molar-refractivity contribution < 1.29 is 8.42 Å². The van der Waals surface area contributed by atoms with Gasteiger partial charge in [-0.3, -0.25) is 0 Å². The van der Waals surface area contributed by atoms with Crippen molar-refractivity contribution in [1.82, 2.24) is 14.2 Å². The Hall–Kier alpha value is -1.28. The fraction of sp³-hybridized carbons (Fsp3) is 0.526. The Morgan fingerprint density at radius 1 is 1.19 bits per heavy atom. The van der Waals surface area contributed by atoms with E-state index in [0.717, 1.165) is 36.6 Å². The first kappa shape index (κ1) is 18.1. The van der Waals surface area contributed by atoms with E-state index < -0.39 is 10.0 Å². The third kappa shape index (κ3) is 3.58. The SMILES string of the molecule is Cc1nc(CCN2C[C@@H]3CN(S(C)(=O)=O)[C@@H](c4ccccc4)[C@@H]3C2)cs1. The lowest BCUT2D eigenvalue weighted by Crippen LogP contribution is -2.35. The van der Waals surface area contributed by atoms with Gasteiger partial charge >= 0.3 is 0 Å². The Balaban J connectivity index is 1.50. The van der Waals surface area contributed by atoms with Crippen molar-refractivity contribution in [2.24, 2.45) is 11.8 Å². The lowest BCUT2D eigenvalue weighted by atomic mass is 9.90. The smallest absolute Gasteiger partial charge is 0.211 e. The van der Waals surface area contributed by atoms with E-state index in [4.69, 9.17) is 0 Å². The highest BCUT2D eigenvalue weighted by atomic mass is 32.2. The van der Waals surface area contributed by atoms with E-state index in [9.17, 15) is 8.42 Å². The molecule has 0 saturated carbocycles. The Morgan fingerprint density at radius 3 is 2.62 bits per heavy atom. The van der Waals surface area contributed by atoms with Crippen LogP contribution in [0.5, 0.6) is 0 Å². The Bertz CT molecular complexity index is 866. The lowest BCUT2D eigenvalue weighted by Gasteiger charge is -2.28. The molecule has 26 heavy (non-hydrogen) atoms. The fourth-order valence-electron chi connectivity index (χ4n) is 4.48. The average Bonchev–Trinajstić information content (AvgIpc) is 3.26. The van der Waals surface area contributed by atoms with E-state index in [1.54, 1.807) is 15.6 Å². The van der Waals surface area contributed by atoms with Gasteiger partial charge in [-0.05, 0) is 24.3 Å². The van der Waals surface area contributed by atoms with Crippen LogP contribution in [-0.4, -0.2) is 55.0 Å². The summed E-state index contributed by atoms with van der Waals surface area (Å²) in [7, 11) is -3.21. The van der Waals surface area contributed by atoms with Crippen LogP contribution in [0.15, 0.2) is 35.7 Å². The van der Waals surface area contributed by atoms with Crippen molar-refractivity contribution in [2.75, 3.05) is 32.4 Å². The summed E-state index contributed by atoms with van der Waals surface area (Å²) < 4.78 is 26.4. The van der Waals surface area contributed by atoms with Crippen molar-refractivity contribution in [2.45, 2.75) is 19.4 Å². The summed E-state index contributed by atoms with van der Waals surface area (Å²) in [6.07, 6.45) is 2.31. The molecule has 2 aliphatic rings. The van der Waals surface area contributed by atoms with E-state index in [1.807, 2.05) is 25.1 Å². The first-order chi connectivity index (χ1) is 12.4. The molecule has 140 valence electrons. The average molecular weight is 392 g/mol. The van der Waals surface area contributed by atoms with Gasteiger partial charge in [0.2, 0.25) is 10.0 Å². The minimum atomic E-state index is -3.21. The quantitative estimate of drug-likeness (QED) is 0.786. The zero-order chi connectivity index (χ0) is 18.3. The molecule has 3 atom stereocenters. The highest BCUT2D eigenvalue weighted by Gasteiger charge is 2.50. The van der Waals surface area contributed by atoms with Gasteiger partial charge in [-0.25, -0.2) is 13.4 Å². The van der Waals surface area contributed by atoms with Crippen molar-refractivity contribution in [3.8, 4) is 0 Å². The molecule has 3 heterocycles. The Kier molecular flexibility index (Phi) is 4.90. The van der Waals surface area contributed by atoms with Crippen molar-refractivity contribution in [1.29, 1.82) is 0 Å². The summed E-state index contributed by atoms with van der Waals surface area (Å²) in [5.74, 6) is 0.774. The maximum absolute atomic E-state index is 12.3. The van der Waals surface area contributed by atoms with E-state index in [-0.39, 0.29) is 6.04 Å². The first-order valence-electron chi connectivity index (χ1n) is 9.07. The molecule has 1 aromatic heterocycles. The minimum absolute atomic E-state index is 0.0392. The standard InChI is InChI=1S/C19H25N3O2S2/c1-14-20-17(13-25-14)8-9-21-10-16-11-22(26(2,23)24)19(18(16)12-21)15-6-4-3-5-7-15/h3-7,13,16,18-19H,8-12H2,1-2H3/t16-,18-,19+/m1/s1. The van der Waals surface area contributed by atoms with Gasteiger partial charge in [0, 0.05) is 38.0 Å². The van der Waals surface area contributed by atoms with Crippen LogP contribution in [0.4, 0.5) is 0 Å². The number of fused-ring (bicyclic) bond motifs is 1. The van der Waals surface area contributed by atoms with Gasteiger partial charge in [0.1, 0.15) is 0 Å². The summed E-state index contributed by atoms with van der Waals surface area (Å²) in [4.78, 5) is 7.04. The van der Waals surface area contributed by atoms with Gasteiger partial charge in [-0.15, -0.1) is 11.3 Å². The molecule has 7 heteroatoms. The molecule has 4 rings (SSSR count). The Labute approximate surface area is 159 Å². The molecule has 2 saturated heterocycles. The van der Waals surface area contributed by atoms with Crippen LogP contribution in [0.25, 0.3) is 0 Å². The maximum Gasteiger partial charge on any atom is 0.211 e. The highest BCUT2D eigenvalue weighted by Crippen LogP contribution is 2.45. The van der Waals surface area contributed by atoms with Crippen LogP contribution in [0.2, 0.25) is 0 Å². The zero-order valence-electron chi connectivity index (χ0n) is 15.2. The van der Waals surface area contributed by atoms with Crippen LogP contribution in [0.3, 0.4) is 0 Å². The molecule has 0 radical (unpaired) electrons. The molecule has 2 aliphatic heterocycles. The largest absolute Gasteiger partial charge is 0.302 e. The summed E-state index contributed by atoms with van der Waals surface area (Å²) >= 11 is 1.70. The zero-order valence-corrected chi connectivity index (χ0v) is 16.8. The molecule has 0 N–H and O–H groups in total. The predicted octanol–water partition coefficient (Wildman–Crippen LogP) is 2.56. The molecule has 0 unspecified atom stereocenters. The second kappa shape index (κ2) is 7.03. The number of benzene rings is 1. The second-order valence-electron chi connectivity index (χ2n) is 7.48. The second-order valence-corrected chi connectivity index (χ2v) is 10.5. The third-order valence-corrected chi connectivity index (χ3v) is 7.67. The molecule has 1 aromatic carbocycles. The normalized spacial score (nSPS) is 27.1. The number of likely N-dealkylation sites (tertiary alicyclic amines) is 1. The van der Waals surface area contributed by atoms with E-state index in [0.29, 0.717) is 18.4 Å². The van der Waals surface area contributed by atoms with Crippen LogP contribution >= 0.6 is 11.3 Å². The monoisotopic (exact) mass is 391 g/mol. The number of hydrogen-bond acceptors (Lipinski definition) is 5. The van der Waals surface area contributed by atoms with E-state index in [2.05, 4.69) is 27.4 Å². The van der Waals surface area contributed by atoms with Crippen molar-refractivity contribution in [3.05, 3.63) is 52.0 Å². The molecule has 0 aliphatic carbocycles. The molecule has 2 fully saturated rings. The summed E-state index contributed by atoms with van der Waals surface area (Å²) in [6.45, 7) is 5.60. The number of hydrogen-bond donors (Lipinski definition) is 0.